The minimum absolute atomic E-state index is 0.0972. The molecule has 0 spiro atoms. The molecule has 36 heavy (non-hydrogen) atoms. The number of methoxy groups -OCH3 is 3. The maximum Gasteiger partial charge on any atom is 0.251 e. The fourth-order valence-corrected chi connectivity index (χ4v) is 4.57. The fraction of sp³-hybridized carbons (Fsp3) is 0.241. The molecule has 1 amide bonds. The summed E-state index contributed by atoms with van der Waals surface area (Å²) in [5.74, 6) is 3.03. The van der Waals surface area contributed by atoms with Gasteiger partial charge in [-0.1, -0.05) is 6.07 Å². The van der Waals surface area contributed by atoms with Crippen molar-refractivity contribution in [2.24, 2.45) is 0 Å². The van der Waals surface area contributed by atoms with Crippen LogP contribution in [0.4, 0.5) is 11.5 Å². The van der Waals surface area contributed by atoms with Crippen LogP contribution in [0.3, 0.4) is 0 Å². The molecule has 1 aromatic heterocycles. The summed E-state index contributed by atoms with van der Waals surface area (Å²) in [6.45, 7) is 1.38. The van der Waals surface area contributed by atoms with Crippen molar-refractivity contribution in [3.63, 3.8) is 0 Å². The van der Waals surface area contributed by atoms with Crippen LogP contribution in [0.5, 0.6) is 17.2 Å². The monoisotopic (exact) mass is 483 g/mol. The Balaban J connectivity index is 1.24. The molecule has 184 valence electrons. The molecule has 4 aromatic rings. The van der Waals surface area contributed by atoms with Gasteiger partial charge in [0.2, 0.25) is 0 Å². The van der Waals surface area contributed by atoms with Crippen molar-refractivity contribution in [1.29, 1.82) is 0 Å². The molecule has 7 nitrogen and oxygen atoms in total. The van der Waals surface area contributed by atoms with Gasteiger partial charge in [-0.25, -0.2) is 4.98 Å². The summed E-state index contributed by atoms with van der Waals surface area (Å²) in [5.41, 5.74) is 4.84. The van der Waals surface area contributed by atoms with E-state index in [-0.39, 0.29) is 5.91 Å². The Labute approximate surface area is 210 Å². The number of nitrogens with zero attached hydrogens (tertiary/aromatic N) is 2. The summed E-state index contributed by atoms with van der Waals surface area (Å²) in [7, 11) is 4.89. The Morgan fingerprint density at radius 1 is 0.917 bits per heavy atom. The number of pyridine rings is 1. The first-order valence-electron chi connectivity index (χ1n) is 11.9. The zero-order valence-corrected chi connectivity index (χ0v) is 20.7. The van der Waals surface area contributed by atoms with Crippen molar-refractivity contribution >= 4 is 28.3 Å². The van der Waals surface area contributed by atoms with Crippen molar-refractivity contribution in [3.8, 4) is 17.2 Å². The van der Waals surface area contributed by atoms with Gasteiger partial charge in [-0.3, -0.25) is 4.79 Å². The molecular weight excluding hydrogens is 454 g/mol. The van der Waals surface area contributed by atoms with Gasteiger partial charge in [0.1, 0.15) is 11.6 Å². The smallest absolute Gasteiger partial charge is 0.251 e. The molecule has 0 saturated carbocycles. The molecule has 2 heterocycles. The number of hydrogen-bond acceptors (Lipinski definition) is 6. The highest BCUT2D eigenvalue weighted by atomic mass is 16.5. The lowest BCUT2D eigenvalue weighted by molar-refractivity contribution is 0.0954. The number of aromatic nitrogens is 1. The predicted octanol–water partition coefficient (Wildman–Crippen LogP) is 4.93. The van der Waals surface area contributed by atoms with Crippen LogP contribution in [0.1, 0.15) is 21.5 Å². The van der Waals surface area contributed by atoms with E-state index < -0.39 is 0 Å². The number of anilines is 2. The average molecular weight is 484 g/mol. The highest BCUT2D eigenvalue weighted by molar-refractivity contribution is 5.94. The standard InChI is InChI=1S/C29H29N3O4/c1-34-24-10-7-21-17-22-13-15-32(28(22)31-25(21)18-24)23-8-5-20(6-9-23)29(33)30-14-12-19-4-11-26(35-2)27(16-19)36-3/h4-11,16-18H,12-15H2,1-3H3,(H,30,33). The van der Waals surface area contributed by atoms with Crippen molar-refractivity contribution in [1.82, 2.24) is 10.3 Å². The largest absolute Gasteiger partial charge is 0.497 e. The summed E-state index contributed by atoms with van der Waals surface area (Å²) >= 11 is 0. The van der Waals surface area contributed by atoms with Crippen molar-refractivity contribution in [2.75, 3.05) is 39.3 Å². The number of carbonyl (C=O) groups is 1. The molecule has 0 unspecified atom stereocenters. The zero-order valence-electron chi connectivity index (χ0n) is 20.7. The molecule has 0 aliphatic carbocycles. The number of carbonyl (C=O) groups excluding carboxylic acids is 1. The fourth-order valence-electron chi connectivity index (χ4n) is 4.57. The van der Waals surface area contributed by atoms with Crippen LogP contribution in [0, 0.1) is 0 Å². The Hall–Kier alpha value is -4.26. The van der Waals surface area contributed by atoms with Crippen LogP contribution in [0.2, 0.25) is 0 Å². The molecule has 1 aliphatic rings. The van der Waals surface area contributed by atoms with Gasteiger partial charge in [0.05, 0.1) is 26.8 Å². The second kappa shape index (κ2) is 10.2. The highest BCUT2D eigenvalue weighted by Crippen LogP contribution is 2.35. The van der Waals surface area contributed by atoms with E-state index in [9.17, 15) is 4.79 Å². The number of hydrogen-bond donors (Lipinski definition) is 1. The molecule has 7 heteroatoms. The SMILES string of the molecule is COc1ccc2cc3c(nc2c1)N(c1ccc(C(=O)NCCc2ccc(OC)c(OC)c2)cc1)CC3. The third-order valence-electron chi connectivity index (χ3n) is 6.53. The van der Waals surface area contributed by atoms with Crippen molar-refractivity contribution < 1.29 is 19.0 Å². The topological polar surface area (TPSA) is 72.9 Å². The average Bonchev–Trinajstić information content (AvgIpc) is 3.33. The van der Waals surface area contributed by atoms with Gasteiger partial charge in [-0.05, 0) is 78.6 Å². The third kappa shape index (κ3) is 4.64. The summed E-state index contributed by atoms with van der Waals surface area (Å²) in [5, 5.41) is 4.11. The van der Waals surface area contributed by atoms with Crippen LogP contribution in [-0.4, -0.2) is 45.3 Å². The lowest BCUT2D eigenvalue weighted by atomic mass is 10.1. The van der Waals surface area contributed by atoms with E-state index >= 15 is 0 Å². The minimum Gasteiger partial charge on any atom is -0.497 e. The van der Waals surface area contributed by atoms with E-state index in [4.69, 9.17) is 19.2 Å². The molecule has 0 bridgehead atoms. The van der Waals surface area contributed by atoms with Gasteiger partial charge in [0, 0.05) is 35.8 Å². The van der Waals surface area contributed by atoms with E-state index in [2.05, 4.69) is 16.3 Å². The molecular formula is C29H29N3O4. The van der Waals surface area contributed by atoms with Gasteiger partial charge in [0.25, 0.3) is 5.91 Å². The maximum atomic E-state index is 12.7. The molecule has 5 rings (SSSR count). The molecule has 3 aromatic carbocycles. The summed E-state index contributed by atoms with van der Waals surface area (Å²) in [4.78, 5) is 19.8. The van der Waals surface area contributed by atoms with Crippen LogP contribution in [0.15, 0.2) is 66.7 Å². The van der Waals surface area contributed by atoms with E-state index in [1.54, 1.807) is 21.3 Å². The second-order valence-corrected chi connectivity index (χ2v) is 8.67. The molecule has 0 saturated heterocycles. The minimum atomic E-state index is -0.0972. The summed E-state index contributed by atoms with van der Waals surface area (Å²) < 4.78 is 16.0. The van der Waals surface area contributed by atoms with Gasteiger partial charge in [-0.2, -0.15) is 0 Å². The van der Waals surface area contributed by atoms with Gasteiger partial charge in [0.15, 0.2) is 11.5 Å². The predicted molar refractivity (Wildman–Crippen MR) is 141 cm³/mol. The first-order valence-corrected chi connectivity index (χ1v) is 11.9. The number of benzene rings is 3. The lowest BCUT2D eigenvalue weighted by Gasteiger charge is -2.19. The second-order valence-electron chi connectivity index (χ2n) is 8.67. The summed E-state index contributed by atoms with van der Waals surface area (Å²) in [6.07, 6.45) is 1.63. The van der Waals surface area contributed by atoms with Crippen LogP contribution >= 0.6 is 0 Å². The van der Waals surface area contributed by atoms with E-state index in [1.165, 1.54) is 5.56 Å². The van der Waals surface area contributed by atoms with Crippen LogP contribution in [0.25, 0.3) is 10.9 Å². The molecule has 1 aliphatic heterocycles. The van der Waals surface area contributed by atoms with Crippen LogP contribution in [-0.2, 0) is 12.8 Å². The Kier molecular flexibility index (Phi) is 6.62. The number of ether oxygens (including phenoxy) is 3. The van der Waals surface area contributed by atoms with E-state index in [0.717, 1.165) is 46.7 Å². The van der Waals surface area contributed by atoms with Gasteiger partial charge >= 0.3 is 0 Å². The normalized spacial score (nSPS) is 12.4. The van der Waals surface area contributed by atoms with Gasteiger partial charge in [-0.15, -0.1) is 0 Å². The van der Waals surface area contributed by atoms with Crippen molar-refractivity contribution in [2.45, 2.75) is 12.8 Å². The first kappa shape index (κ1) is 23.5. The molecule has 0 atom stereocenters. The Morgan fingerprint density at radius 2 is 1.72 bits per heavy atom. The highest BCUT2D eigenvalue weighted by Gasteiger charge is 2.23. The number of fused-ring (bicyclic) bond motifs is 2. The van der Waals surface area contributed by atoms with Crippen molar-refractivity contribution in [3.05, 3.63) is 83.4 Å². The van der Waals surface area contributed by atoms with Crippen LogP contribution < -0.4 is 24.4 Å². The molecule has 0 radical (unpaired) electrons. The zero-order chi connectivity index (χ0) is 25.1. The quantitative estimate of drug-likeness (QED) is 0.383. The Morgan fingerprint density at radius 3 is 2.47 bits per heavy atom. The number of nitrogens with one attached hydrogen (secondary N) is 1. The molecule has 1 N–H and O–H groups in total. The third-order valence-corrected chi connectivity index (χ3v) is 6.53. The summed E-state index contributed by atoms with van der Waals surface area (Å²) in [6, 6.07) is 21.6. The first-order chi connectivity index (χ1) is 17.6. The van der Waals surface area contributed by atoms with E-state index in [0.29, 0.717) is 30.0 Å². The van der Waals surface area contributed by atoms with E-state index in [1.807, 2.05) is 60.7 Å². The molecule has 0 fully saturated rings. The maximum absolute atomic E-state index is 12.7. The Bertz CT molecular complexity index is 1400. The number of amides is 1. The number of rotatable bonds is 8. The lowest BCUT2D eigenvalue weighted by Crippen LogP contribution is -2.25. The van der Waals surface area contributed by atoms with Gasteiger partial charge < -0.3 is 24.4 Å².